The van der Waals surface area contributed by atoms with Crippen molar-refractivity contribution in [1.82, 2.24) is 20.5 Å². The molecule has 10 heteroatoms. The van der Waals surface area contributed by atoms with Crippen LogP contribution in [0.25, 0.3) is 10.2 Å². The number of thiazole rings is 1. The van der Waals surface area contributed by atoms with Crippen LogP contribution in [-0.2, 0) is 14.3 Å². The van der Waals surface area contributed by atoms with E-state index in [0.29, 0.717) is 5.01 Å². The van der Waals surface area contributed by atoms with Gasteiger partial charge in [0, 0.05) is 11.5 Å². The first kappa shape index (κ1) is 20.5. The molecule has 0 aliphatic carbocycles. The molecule has 0 spiro atoms. The molecule has 9 nitrogen and oxygen atoms in total. The number of nitrogens with zero attached hydrogens (tertiary/aromatic N) is 2. The largest absolute Gasteiger partial charge is 0.438 e. The highest BCUT2D eigenvalue weighted by Gasteiger charge is 2.33. The first-order chi connectivity index (χ1) is 13.7. The molecule has 0 aliphatic rings. The number of nitrogens with one attached hydrogen (secondary N) is 3. The van der Waals surface area contributed by atoms with E-state index in [1.807, 2.05) is 45.0 Å². The molecule has 1 aromatic carbocycles. The van der Waals surface area contributed by atoms with E-state index in [1.165, 1.54) is 23.6 Å². The van der Waals surface area contributed by atoms with Crippen molar-refractivity contribution in [3.05, 3.63) is 41.5 Å². The summed E-state index contributed by atoms with van der Waals surface area (Å²) < 4.78 is 6.56. The minimum atomic E-state index is -0.868. The molecule has 0 saturated heterocycles. The number of ketones is 1. The van der Waals surface area contributed by atoms with Crippen LogP contribution < -0.4 is 10.6 Å². The van der Waals surface area contributed by atoms with Gasteiger partial charge in [0.25, 0.3) is 5.91 Å². The number of amides is 2. The minimum absolute atomic E-state index is 0.287. The molecule has 152 valence electrons. The topological polar surface area (TPSA) is 126 Å². The molecule has 2 heterocycles. The van der Waals surface area contributed by atoms with Gasteiger partial charge in [0.2, 0.25) is 5.78 Å². The Hall–Kier alpha value is -3.27. The summed E-state index contributed by atoms with van der Waals surface area (Å²) in [7, 11) is 0. The second-order valence-electron chi connectivity index (χ2n) is 7.37. The van der Waals surface area contributed by atoms with Crippen LogP contribution in [-0.4, -0.2) is 39.5 Å². The number of hydrogen-bond acceptors (Lipinski definition) is 7. The zero-order valence-corrected chi connectivity index (χ0v) is 17.0. The number of ether oxygens (including phenoxy) is 1. The van der Waals surface area contributed by atoms with E-state index < -0.39 is 35.8 Å². The Morgan fingerprint density at radius 1 is 1.21 bits per heavy atom. The molecular weight excluding hydrogens is 394 g/mol. The lowest BCUT2D eigenvalue weighted by molar-refractivity contribution is -0.134. The molecule has 29 heavy (non-hydrogen) atoms. The van der Waals surface area contributed by atoms with Gasteiger partial charge in [-0.2, -0.15) is 5.10 Å². The third-order valence-electron chi connectivity index (χ3n) is 3.94. The van der Waals surface area contributed by atoms with Gasteiger partial charge in [-0.1, -0.05) is 32.9 Å². The normalized spacial score (nSPS) is 12.4. The third kappa shape index (κ3) is 5.17. The molecule has 0 saturated carbocycles. The molecule has 3 rings (SSSR count). The highest BCUT2D eigenvalue weighted by Crippen LogP contribution is 2.39. The Morgan fingerprint density at radius 2 is 1.97 bits per heavy atom. The Kier molecular flexibility index (Phi) is 5.92. The molecule has 0 radical (unpaired) electrons. The predicted molar refractivity (Wildman–Crippen MR) is 109 cm³/mol. The molecule has 2 aromatic heterocycles. The molecule has 0 aliphatic heterocycles. The van der Waals surface area contributed by atoms with E-state index in [2.05, 4.69) is 25.8 Å². The van der Waals surface area contributed by atoms with E-state index >= 15 is 0 Å². The Labute approximate surface area is 170 Å². The van der Waals surface area contributed by atoms with Crippen molar-refractivity contribution < 1.29 is 19.1 Å². The summed E-state index contributed by atoms with van der Waals surface area (Å²) >= 11 is 1.45. The molecule has 3 aromatic rings. The summed E-state index contributed by atoms with van der Waals surface area (Å²) in [6.07, 6.45) is 0.0189. The number of Topliss-reactive ketones (excluding diaryl/α,β-unsaturated/α-hetero) is 1. The summed E-state index contributed by atoms with van der Waals surface area (Å²) in [6, 6.07) is 9.16. The van der Waals surface area contributed by atoms with Gasteiger partial charge in [-0.3, -0.25) is 14.7 Å². The summed E-state index contributed by atoms with van der Waals surface area (Å²) in [5.41, 5.74) is 0.407. The van der Waals surface area contributed by atoms with E-state index in [4.69, 9.17) is 4.74 Å². The van der Waals surface area contributed by atoms with Crippen LogP contribution in [0.3, 0.4) is 0 Å². The van der Waals surface area contributed by atoms with Gasteiger partial charge in [0.1, 0.15) is 10.8 Å². The van der Waals surface area contributed by atoms with Crippen LogP contribution >= 0.6 is 11.3 Å². The number of rotatable bonds is 6. The molecule has 3 N–H and O–H groups in total. The minimum Gasteiger partial charge on any atom is -0.438 e. The van der Waals surface area contributed by atoms with Crippen molar-refractivity contribution in [2.45, 2.75) is 26.9 Å². The molecular formula is C19H21N5O4S. The monoisotopic (exact) mass is 415 g/mol. The lowest BCUT2D eigenvalue weighted by Gasteiger charge is -2.28. The van der Waals surface area contributed by atoms with Crippen LogP contribution in [0.15, 0.2) is 36.5 Å². The fourth-order valence-corrected chi connectivity index (χ4v) is 3.74. The number of carbonyl (C=O) groups is 3. The highest BCUT2D eigenvalue weighted by molar-refractivity contribution is 7.18. The van der Waals surface area contributed by atoms with Crippen molar-refractivity contribution >= 4 is 45.2 Å². The fourth-order valence-electron chi connectivity index (χ4n) is 2.50. The number of para-hydroxylation sites is 1. The molecule has 0 unspecified atom stereocenters. The maximum absolute atomic E-state index is 12.3. The average Bonchev–Trinajstić information content (AvgIpc) is 3.32. The predicted octanol–water partition coefficient (Wildman–Crippen LogP) is 3.04. The zero-order valence-electron chi connectivity index (χ0n) is 16.2. The first-order valence-electron chi connectivity index (χ1n) is 8.87. The lowest BCUT2D eigenvalue weighted by atomic mass is 9.89. The van der Waals surface area contributed by atoms with Gasteiger partial charge >= 0.3 is 6.09 Å². The number of hydrogen-bond donors (Lipinski definition) is 3. The van der Waals surface area contributed by atoms with Gasteiger partial charge in [-0.15, -0.1) is 11.3 Å². The van der Waals surface area contributed by atoms with Crippen molar-refractivity contribution in [3.63, 3.8) is 0 Å². The highest BCUT2D eigenvalue weighted by atomic mass is 32.1. The average molecular weight is 415 g/mol. The number of aromatic nitrogens is 3. The van der Waals surface area contributed by atoms with E-state index in [0.717, 1.165) is 10.2 Å². The Morgan fingerprint density at radius 3 is 2.62 bits per heavy atom. The zero-order chi connectivity index (χ0) is 21.0. The Bertz CT molecular complexity index is 990. The quantitative estimate of drug-likeness (QED) is 0.531. The molecule has 0 fully saturated rings. The summed E-state index contributed by atoms with van der Waals surface area (Å²) in [5, 5.41) is 11.5. The number of fused-ring (bicyclic) bond motifs is 1. The standard InChI is InChI=1S/C19H21N5O4S/c1-19(2,3)15(17-22-11-6-4-5-7-13(11)29-17)28-18(27)20-10-12(25)16(26)23-14-8-9-21-24-14/h4-9,15H,10H2,1-3H3,(H,20,27)(H2,21,23,24,26)/t15-/m0/s1. The van der Waals surface area contributed by atoms with Crippen molar-refractivity contribution in [2.75, 3.05) is 11.9 Å². The number of anilines is 1. The van der Waals surface area contributed by atoms with Crippen LogP contribution in [0.4, 0.5) is 10.6 Å². The van der Waals surface area contributed by atoms with Crippen molar-refractivity contribution in [2.24, 2.45) is 5.41 Å². The number of H-pyrrole nitrogens is 1. The molecule has 2 amide bonds. The van der Waals surface area contributed by atoms with E-state index in [9.17, 15) is 14.4 Å². The molecule has 1 atom stereocenters. The van der Waals surface area contributed by atoms with Crippen LogP contribution in [0, 0.1) is 5.41 Å². The van der Waals surface area contributed by atoms with Gasteiger partial charge in [0.05, 0.1) is 23.0 Å². The number of aromatic amines is 1. The maximum atomic E-state index is 12.3. The smallest absolute Gasteiger partial charge is 0.408 e. The molecule has 0 bridgehead atoms. The maximum Gasteiger partial charge on any atom is 0.408 e. The summed E-state index contributed by atoms with van der Waals surface area (Å²) in [6.45, 7) is 5.30. The SMILES string of the molecule is CC(C)(C)[C@@H](OC(=O)NCC(=O)C(=O)Nc1ccn[nH]1)c1nc2ccccc2s1. The van der Waals surface area contributed by atoms with Crippen LogP contribution in [0.1, 0.15) is 31.9 Å². The summed E-state index contributed by atoms with van der Waals surface area (Å²) in [5.74, 6) is -1.40. The fraction of sp³-hybridized carbons (Fsp3) is 0.316. The summed E-state index contributed by atoms with van der Waals surface area (Å²) in [4.78, 5) is 40.6. The first-order valence-corrected chi connectivity index (χ1v) is 9.69. The lowest BCUT2D eigenvalue weighted by Crippen LogP contribution is -2.37. The van der Waals surface area contributed by atoms with Crippen molar-refractivity contribution in [1.29, 1.82) is 0 Å². The van der Waals surface area contributed by atoms with Gasteiger partial charge < -0.3 is 15.4 Å². The number of benzene rings is 1. The van der Waals surface area contributed by atoms with Crippen LogP contribution in [0.5, 0.6) is 0 Å². The Balaban J connectivity index is 1.61. The van der Waals surface area contributed by atoms with E-state index in [1.54, 1.807) is 0 Å². The van der Waals surface area contributed by atoms with Gasteiger partial charge in [0.15, 0.2) is 6.10 Å². The number of alkyl carbamates (subject to hydrolysis) is 1. The van der Waals surface area contributed by atoms with E-state index in [-0.39, 0.29) is 5.82 Å². The second kappa shape index (κ2) is 8.39. The van der Waals surface area contributed by atoms with Gasteiger partial charge in [-0.25, -0.2) is 9.78 Å². The van der Waals surface area contributed by atoms with Crippen LogP contribution in [0.2, 0.25) is 0 Å². The van der Waals surface area contributed by atoms with Gasteiger partial charge in [-0.05, 0) is 12.1 Å². The number of carbonyl (C=O) groups excluding carboxylic acids is 3. The van der Waals surface area contributed by atoms with Crippen molar-refractivity contribution in [3.8, 4) is 0 Å². The third-order valence-corrected chi connectivity index (χ3v) is 5.02. The second-order valence-corrected chi connectivity index (χ2v) is 8.43.